The normalized spacial score (nSPS) is 10.7. The highest BCUT2D eigenvalue weighted by Crippen LogP contribution is 2.27. The number of anilines is 2. The Labute approximate surface area is 182 Å². The van der Waals surface area contributed by atoms with Crippen LogP contribution >= 0.6 is 23.1 Å². The molecule has 0 aliphatic carbocycles. The first-order valence-corrected chi connectivity index (χ1v) is 11.2. The molecule has 0 saturated carbocycles. The minimum Gasteiger partial charge on any atom is -0.326 e. The fourth-order valence-electron chi connectivity index (χ4n) is 2.95. The molecule has 0 radical (unpaired) electrons. The van der Waals surface area contributed by atoms with Crippen molar-refractivity contribution in [3.8, 4) is 11.3 Å². The predicted octanol–water partition coefficient (Wildman–Crippen LogP) is 5.65. The Kier molecular flexibility index (Phi) is 6.11. The van der Waals surface area contributed by atoms with Crippen molar-refractivity contribution in [2.45, 2.75) is 11.8 Å². The van der Waals surface area contributed by atoms with Gasteiger partial charge in [0.1, 0.15) is 0 Å². The summed E-state index contributed by atoms with van der Waals surface area (Å²) in [5.41, 5.74) is 2.44. The third kappa shape index (κ3) is 5.06. The van der Waals surface area contributed by atoms with Gasteiger partial charge in [0.2, 0.25) is 11.8 Å². The van der Waals surface area contributed by atoms with Crippen molar-refractivity contribution in [3.05, 3.63) is 72.1 Å². The third-order valence-corrected chi connectivity index (χ3v) is 6.09. The van der Waals surface area contributed by atoms with Crippen LogP contribution in [0.25, 0.3) is 22.0 Å². The number of carbonyl (C=O) groups is 2. The van der Waals surface area contributed by atoms with Gasteiger partial charge >= 0.3 is 0 Å². The van der Waals surface area contributed by atoms with Crippen molar-refractivity contribution >= 4 is 56.5 Å². The lowest BCUT2D eigenvalue weighted by Crippen LogP contribution is -2.13. The molecule has 0 aliphatic rings. The Balaban J connectivity index is 1.34. The standard InChI is InChI=1S/C23H19N3O2S2/c1-15(27)24-19-9-6-17(7-10-19)21-13-30-23(25-21)26-22(28)14-29-20-11-8-16-4-2-3-5-18(16)12-20/h2-13H,14H2,1H3,(H,24,27)(H,25,26,28). The maximum Gasteiger partial charge on any atom is 0.236 e. The zero-order chi connectivity index (χ0) is 20.9. The van der Waals surface area contributed by atoms with Crippen molar-refractivity contribution in [2.24, 2.45) is 0 Å². The Morgan fingerprint density at radius 1 is 0.967 bits per heavy atom. The Morgan fingerprint density at radius 2 is 1.73 bits per heavy atom. The van der Waals surface area contributed by atoms with E-state index in [9.17, 15) is 9.59 Å². The van der Waals surface area contributed by atoms with Gasteiger partial charge in [-0.05, 0) is 35.0 Å². The number of nitrogens with one attached hydrogen (secondary N) is 2. The zero-order valence-electron chi connectivity index (χ0n) is 16.2. The number of thioether (sulfide) groups is 1. The summed E-state index contributed by atoms with van der Waals surface area (Å²) in [7, 11) is 0. The van der Waals surface area contributed by atoms with Gasteiger partial charge in [-0.1, -0.05) is 42.5 Å². The Hall–Kier alpha value is -3.16. The van der Waals surface area contributed by atoms with Crippen LogP contribution in [0.2, 0.25) is 0 Å². The summed E-state index contributed by atoms with van der Waals surface area (Å²) in [4.78, 5) is 29.0. The van der Waals surface area contributed by atoms with Crippen LogP contribution in [-0.2, 0) is 9.59 Å². The molecule has 1 aromatic heterocycles. The number of hydrogen-bond acceptors (Lipinski definition) is 5. The third-order valence-electron chi connectivity index (χ3n) is 4.34. The van der Waals surface area contributed by atoms with Crippen molar-refractivity contribution in [2.75, 3.05) is 16.4 Å². The first kappa shape index (κ1) is 20.1. The molecule has 4 rings (SSSR count). The smallest absolute Gasteiger partial charge is 0.236 e. The molecule has 2 amide bonds. The second-order valence-corrected chi connectivity index (χ2v) is 8.55. The molecule has 0 fully saturated rings. The fourth-order valence-corrected chi connectivity index (χ4v) is 4.43. The maximum absolute atomic E-state index is 12.3. The quantitative estimate of drug-likeness (QED) is 0.385. The van der Waals surface area contributed by atoms with Gasteiger partial charge in [0.15, 0.2) is 5.13 Å². The van der Waals surface area contributed by atoms with Crippen LogP contribution in [0.15, 0.2) is 77.0 Å². The van der Waals surface area contributed by atoms with Gasteiger partial charge in [-0.3, -0.25) is 9.59 Å². The number of rotatable bonds is 6. The molecule has 5 nitrogen and oxygen atoms in total. The summed E-state index contributed by atoms with van der Waals surface area (Å²) in [5, 5.41) is 10.4. The van der Waals surface area contributed by atoms with Gasteiger partial charge in [0, 0.05) is 28.5 Å². The highest BCUT2D eigenvalue weighted by Gasteiger charge is 2.09. The first-order valence-electron chi connectivity index (χ1n) is 9.32. The van der Waals surface area contributed by atoms with E-state index in [1.165, 1.54) is 35.4 Å². The van der Waals surface area contributed by atoms with E-state index in [4.69, 9.17) is 0 Å². The van der Waals surface area contributed by atoms with E-state index in [-0.39, 0.29) is 11.8 Å². The van der Waals surface area contributed by atoms with Crippen LogP contribution in [0.3, 0.4) is 0 Å². The van der Waals surface area contributed by atoms with E-state index >= 15 is 0 Å². The highest BCUT2D eigenvalue weighted by molar-refractivity contribution is 8.00. The summed E-state index contributed by atoms with van der Waals surface area (Å²) >= 11 is 2.89. The van der Waals surface area contributed by atoms with Crippen LogP contribution in [0.1, 0.15) is 6.92 Å². The molecule has 150 valence electrons. The molecular weight excluding hydrogens is 414 g/mol. The predicted molar refractivity (Wildman–Crippen MR) is 125 cm³/mol. The van der Waals surface area contributed by atoms with E-state index in [0.29, 0.717) is 10.9 Å². The van der Waals surface area contributed by atoms with E-state index in [1.807, 2.05) is 47.8 Å². The molecule has 3 aromatic carbocycles. The second kappa shape index (κ2) is 9.11. The average Bonchev–Trinajstić information content (AvgIpc) is 3.20. The number of fused-ring (bicyclic) bond motifs is 1. The lowest BCUT2D eigenvalue weighted by atomic mass is 10.1. The minimum absolute atomic E-state index is 0.0879. The molecule has 0 spiro atoms. The Bertz CT molecular complexity index is 1200. The molecule has 4 aromatic rings. The summed E-state index contributed by atoms with van der Waals surface area (Å²) in [6.45, 7) is 1.47. The molecule has 0 bridgehead atoms. The SMILES string of the molecule is CC(=O)Nc1ccc(-c2csc(NC(=O)CSc3ccc4ccccc4c3)n2)cc1. The summed E-state index contributed by atoms with van der Waals surface area (Å²) in [5.74, 6) is 0.122. The molecular formula is C23H19N3O2S2. The van der Waals surface area contributed by atoms with Crippen LogP contribution < -0.4 is 10.6 Å². The van der Waals surface area contributed by atoms with Crippen molar-refractivity contribution in [3.63, 3.8) is 0 Å². The van der Waals surface area contributed by atoms with Gasteiger partial charge in [0.25, 0.3) is 0 Å². The van der Waals surface area contributed by atoms with Gasteiger partial charge < -0.3 is 10.6 Å². The number of thiazole rings is 1. The molecule has 30 heavy (non-hydrogen) atoms. The van der Waals surface area contributed by atoms with Gasteiger partial charge in [-0.25, -0.2) is 4.98 Å². The van der Waals surface area contributed by atoms with E-state index in [1.54, 1.807) is 0 Å². The van der Waals surface area contributed by atoms with Crippen molar-refractivity contribution in [1.29, 1.82) is 0 Å². The topological polar surface area (TPSA) is 71.1 Å². The summed E-state index contributed by atoms with van der Waals surface area (Å²) in [6.07, 6.45) is 0. The van der Waals surface area contributed by atoms with E-state index < -0.39 is 0 Å². The van der Waals surface area contributed by atoms with Crippen LogP contribution in [0, 0.1) is 0 Å². The number of amides is 2. The van der Waals surface area contributed by atoms with Crippen molar-refractivity contribution < 1.29 is 9.59 Å². The van der Waals surface area contributed by atoms with Gasteiger partial charge in [-0.2, -0.15) is 0 Å². The molecule has 0 unspecified atom stereocenters. The average molecular weight is 434 g/mol. The largest absolute Gasteiger partial charge is 0.326 e. The lowest BCUT2D eigenvalue weighted by molar-refractivity contribution is -0.114. The molecule has 0 aliphatic heterocycles. The van der Waals surface area contributed by atoms with Gasteiger partial charge in [0.05, 0.1) is 11.4 Å². The Morgan fingerprint density at radius 3 is 2.50 bits per heavy atom. The van der Waals surface area contributed by atoms with Crippen LogP contribution in [0.5, 0.6) is 0 Å². The number of benzene rings is 3. The molecule has 0 atom stereocenters. The maximum atomic E-state index is 12.3. The van der Waals surface area contributed by atoms with Crippen LogP contribution in [-0.4, -0.2) is 22.6 Å². The first-order chi connectivity index (χ1) is 14.6. The summed E-state index contributed by atoms with van der Waals surface area (Å²) < 4.78 is 0. The van der Waals surface area contributed by atoms with Crippen LogP contribution in [0.4, 0.5) is 10.8 Å². The lowest BCUT2D eigenvalue weighted by Gasteiger charge is -2.04. The zero-order valence-corrected chi connectivity index (χ0v) is 17.8. The molecule has 1 heterocycles. The number of nitrogens with zero attached hydrogens (tertiary/aromatic N) is 1. The monoisotopic (exact) mass is 433 g/mol. The molecule has 0 saturated heterocycles. The van der Waals surface area contributed by atoms with Gasteiger partial charge in [-0.15, -0.1) is 23.1 Å². The minimum atomic E-state index is -0.108. The molecule has 2 N–H and O–H groups in total. The second-order valence-electron chi connectivity index (χ2n) is 6.64. The van der Waals surface area contributed by atoms with E-state index in [2.05, 4.69) is 39.9 Å². The molecule has 7 heteroatoms. The van der Waals surface area contributed by atoms with Crippen molar-refractivity contribution in [1.82, 2.24) is 4.98 Å². The fraction of sp³-hybridized carbons (Fsp3) is 0.0870. The summed E-state index contributed by atoms with van der Waals surface area (Å²) in [6, 6.07) is 21.8. The number of aromatic nitrogens is 1. The van der Waals surface area contributed by atoms with E-state index in [0.717, 1.165) is 27.2 Å². The number of hydrogen-bond donors (Lipinski definition) is 2. The number of carbonyl (C=O) groups excluding carboxylic acids is 2. The highest BCUT2D eigenvalue weighted by atomic mass is 32.2.